The number of ether oxygens (including phenoxy) is 1. The number of fused-ring (bicyclic) bond motifs is 1. The Balaban J connectivity index is 1.47. The third kappa shape index (κ3) is 4.54. The van der Waals surface area contributed by atoms with Crippen molar-refractivity contribution in [3.05, 3.63) is 107 Å². The first-order chi connectivity index (χ1) is 20.3. The van der Waals surface area contributed by atoms with Gasteiger partial charge in [-0.15, -0.1) is 0 Å². The van der Waals surface area contributed by atoms with Gasteiger partial charge in [0.15, 0.2) is 5.82 Å². The quantitative estimate of drug-likeness (QED) is 0.273. The minimum absolute atomic E-state index is 0.000847. The van der Waals surface area contributed by atoms with Gasteiger partial charge in [-0.1, -0.05) is 30.3 Å². The fraction of sp³-hybridized carbons (Fsp3) is 0.188. The highest BCUT2D eigenvalue weighted by Gasteiger charge is 2.46. The van der Waals surface area contributed by atoms with Crippen molar-refractivity contribution in [2.24, 2.45) is 0 Å². The molecule has 0 atom stereocenters. The van der Waals surface area contributed by atoms with Crippen molar-refractivity contribution < 1.29 is 23.1 Å². The lowest BCUT2D eigenvalue weighted by molar-refractivity contribution is 0.0925. The number of methoxy groups -OCH3 is 1. The molecule has 8 nitrogen and oxygen atoms in total. The summed E-state index contributed by atoms with van der Waals surface area (Å²) in [5.41, 5.74) is 2.19. The molecule has 0 aliphatic heterocycles. The summed E-state index contributed by atoms with van der Waals surface area (Å²) in [6.07, 6.45) is 3.12. The number of pyridine rings is 2. The number of aryl methyl sites for hydroxylation is 1. The predicted octanol–water partition coefficient (Wildman–Crippen LogP) is 5.44. The van der Waals surface area contributed by atoms with Gasteiger partial charge in [-0.2, -0.15) is 5.10 Å². The molecule has 6 rings (SSSR count). The van der Waals surface area contributed by atoms with Crippen molar-refractivity contribution in [3.63, 3.8) is 0 Å². The van der Waals surface area contributed by atoms with Crippen LogP contribution >= 0.6 is 0 Å². The molecule has 0 spiro atoms. The van der Waals surface area contributed by atoms with Gasteiger partial charge in [-0.3, -0.25) is 9.59 Å². The van der Waals surface area contributed by atoms with Gasteiger partial charge in [0.2, 0.25) is 5.88 Å². The number of hydrogen-bond donors (Lipinski definition) is 2. The van der Waals surface area contributed by atoms with Crippen LogP contribution in [0.3, 0.4) is 0 Å². The van der Waals surface area contributed by atoms with Crippen LogP contribution in [0.5, 0.6) is 5.88 Å². The summed E-state index contributed by atoms with van der Waals surface area (Å²) in [5.74, 6) is -2.00. The smallest absolute Gasteiger partial charge is 0.257 e. The van der Waals surface area contributed by atoms with Gasteiger partial charge in [0.05, 0.1) is 18.2 Å². The Bertz CT molecular complexity index is 1850. The third-order valence-corrected chi connectivity index (χ3v) is 7.64. The van der Waals surface area contributed by atoms with E-state index < -0.39 is 29.0 Å². The molecule has 1 fully saturated rings. The SMILES string of the molecule is CNC(=O)c1c(-c2ccc(F)cc2)nn2ccc(-c3cc(C(=O)NC4(c5ccccc5)CC4)c(OC)nc3C)c(F)c12. The molecule has 2 aromatic carbocycles. The van der Waals surface area contributed by atoms with Crippen molar-refractivity contribution in [2.45, 2.75) is 25.3 Å². The maximum atomic E-state index is 16.4. The molecule has 0 bridgehead atoms. The first-order valence-corrected chi connectivity index (χ1v) is 13.4. The van der Waals surface area contributed by atoms with Crippen LogP contribution < -0.4 is 15.4 Å². The fourth-order valence-corrected chi connectivity index (χ4v) is 5.28. The Labute approximate surface area is 240 Å². The summed E-state index contributed by atoms with van der Waals surface area (Å²) in [4.78, 5) is 31.1. The van der Waals surface area contributed by atoms with Crippen molar-refractivity contribution >= 4 is 17.3 Å². The Hall–Kier alpha value is -5.12. The largest absolute Gasteiger partial charge is 0.480 e. The molecular formula is C32H27F2N5O3. The van der Waals surface area contributed by atoms with E-state index >= 15 is 4.39 Å². The monoisotopic (exact) mass is 567 g/mol. The van der Waals surface area contributed by atoms with Gasteiger partial charge in [-0.05, 0) is 61.7 Å². The molecule has 10 heteroatoms. The number of carbonyl (C=O) groups is 2. The highest BCUT2D eigenvalue weighted by molar-refractivity contribution is 6.07. The average molecular weight is 568 g/mol. The van der Waals surface area contributed by atoms with E-state index in [1.54, 1.807) is 13.0 Å². The molecule has 0 radical (unpaired) electrons. The van der Waals surface area contributed by atoms with Gasteiger partial charge in [-0.25, -0.2) is 18.3 Å². The molecule has 42 heavy (non-hydrogen) atoms. The highest BCUT2D eigenvalue weighted by atomic mass is 19.1. The van der Waals surface area contributed by atoms with Crippen LogP contribution in [-0.2, 0) is 5.54 Å². The predicted molar refractivity (Wildman–Crippen MR) is 153 cm³/mol. The lowest BCUT2D eigenvalue weighted by Crippen LogP contribution is -2.35. The average Bonchev–Trinajstić information content (AvgIpc) is 3.68. The van der Waals surface area contributed by atoms with Crippen molar-refractivity contribution in [1.82, 2.24) is 25.2 Å². The van der Waals surface area contributed by atoms with Crippen molar-refractivity contribution in [3.8, 4) is 28.3 Å². The van der Waals surface area contributed by atoms with Gasteiger partial charge in [0, 0.05) is 35.6 Å². The van der Waals surface area contributed by atoms with Gasteiger partial charge >= 0.3 is 0 Å². The number of benzene rings is 2. The molecule has 1 aliphatic carbocycles. The third-order valence-electron chi connectivity index (χ3n) is 7.64. The van der Waals surface area contributed by atoms with Gasteiger partial charge < -0.3 is 15.4 Å². The summed E-state index contributed by atoms with van der Waals surface area (Å²) < 4.78 is 36.8. The molecule has 0 unspecified atom stereocenters. The van der Waals surface area contributed by atoms with E-state index in [9.17, 15) is 14.0 Å². The zero-order valence-electron chi connectivity index (χ0n) is 23.2. The highest BCUT2D eigenvalue weighted by Crippen LogP contribution is 2.46. The van der Waals surface area contributed by atoms with E-state index in [1.807, 2.05) is 30.3 Å². The van der Waals surface area contributed by atoms with E-state index in [0.29, 0.717) is 16.8 Å². The van der Waals surface area contributed by atoms with E-state index in [0.717, 1.165) is 18.4 Å². The van der Waals surface area contributed by atoms with Crippen LogP contribution in [0, 0.1) is 18.6 Å². The molecule has 0 saturated heterocycles. The Kier molecular flexibility index (Phi) is 6.68. The minimum Gasteiger partial charge on any atom is -0.480 e. The standard InChI is InChI=1S/C32H27F2N5O3/c1-18-23(17-24(31(36-18)42-3)29(40)37-32(14-15-32)20-7-5-4-6-8-20)22-13-16-39-28(26(22)34)25(30(41)35-2)27(38-39)19-9-11-21(33)12-10-19/h4-13,16-17H,14-15H2,1-3H3,(H,35,41)(H,37,40). The zero-order valence-corrected chi connectivity index (χ0v) is 23.2. The van der Waals surface area contributed by atoms with Crippen LogP contribution in [0.25, 0.3) is 27.9 Å². The molecule has 5 aromatic rings. The zero-order chi connectivity index (χ0) is 29.6. The number of amides is 2. The molecule has 212 valence electrons. The Morgan fingerprint density at radius 3 is 2.33 bits per heavy atom. The number of rotatable bonds is 7. The fourth-order valence-electron chi connectivity index (χ4n) is 5.28. The first-order valence-electron chi connectivity index (χ1n) is 13.4. The van der Waals surface area contributed by atoms with Crippen LogP contribution in [0.2, 0.25) is 0 Å². The summed E-state index contributed by atoms with van der Waals surface area (Å²) in [6, 6.07) is 18.3. The van der Waals surface area contributed by atoms with E-state index in [1.165, 1.54) is 55.2 Å². The molecule has 3 heterocycles. The maximum Gasteiger partial charge on any atom is 0.257 e. The van der Waals surface area contributed by atoms with E-state index in [4.69, 9.17) is 4.74 Å². The summed E-state index contributed by atoms with van der Waals surface area (Å²) in [5, 5.41) is 10.1. The van der Waals surface area contributed by atoms with Gasteiger partial charge in [0.1, 0.15) is 22.6 Å². The maximum absolute atomic E-state index is 16.4. The topological polar surface area (TPSA) is 97.6 Å². The number of nitrogens with one attached hydrogen (secondary N) is 2. The molecule has 2 N–H and O–H groups in total. The molecule has 1 aliphatic rings. The van der Waals surface area contributed by atoms with Crippen molar-refractivity contribution in [1.29, 1.82) is 0 Å². The Morgan fingerprint density at radius 2 is 1.69 bits per heavy atom. The molecule has 3 aromatic heterocycles. The van der Waals surface area contributed by atoms with Crippen LogP contribution in [0.4, 0.5) is 8.78 Å². The lowest BCUT2D eigenvalue weighted by Gasteiger charge is -2.19. The summed E-state index contributed by atoms with van der Waals surface area (Å²) in [6.45, 7) is 1.69. The second-order valence-corrected chi connectivity index (χ2v) is 10.2. The number of carbonyl (C=O) groups excluding carboxylic acids is 2. The first kappa shape index (κ1) is 27.1. The summed E-state index contributed by atoms with van der Waals surface area (Å²) >= 11 is 0. The second-order valence-electron chi connectivity index (χ2n) is 10.2. The number of nitrogens with zero attached hydrogens (tertiary/aromatic N) is 3. The van der Waals surface area contributed by atoms with Crippen LogP contribution in [0.15, 0.2) is 72.9 Å². The van der Waals surface area contributed by atoms with E-state index in [-0.39, 0.29) is 33.8 Å². The lowest BCUT2D eigenvalue weighted by atomic mass is 9.99. The second kappa shape index (κ2) is 10.4. The molecule has 2 amide bonds. The minimum atomic E-state index is -0.721. The number of aromatic nitrogens is 3. The van der Waals surface area contributed by atoms with Crippen LogP contribution in [-0.4, -0.2) is 40.6 Å². The summed E-state index contributed by atoms with van der Waals surface area (Å²) in [7, 11) is 2.86. The van der Waals surface area contributed by atoms with Crippen LogP contribution in [0.1, 0.15) is 44.8 Å². The molecule has 1 saturated carbocycles. The van der Waals surface area contributed by atoms with Gasteiger partial charge in [0.25, 0.3) is 11.8 Å². The van der Waals surface area contributed by atoms with Crippen molar-refractivity contribution in [2.75, 3.05) is 14.2 Å². The Morgan fingerprint density at radius 1 is 0.976 bits per heavy atom. The van der Waals surface area contributed by atoms with E-state index in [2.05, 4.69) is 20.7 Å². The number of halogens is 2. The molecular weight excluding hydrogens is 540 g/mol. The normalized spacial score (nSPS) is 13.5. The number of hydrogen-bond acceptors (Lipinski definition) is 5.